The van der Waals surface area contributed by atoms with Gasteiger partial charge in [0.1, 0.15) is 118 Å². The first-order chi connectivity index (χ1) is 71.3. The number of phenolic OH excluding ortho intramolecular Hbond substituents is 3. The SMILES string of the molecule is CN[C@H](CC(C)C)C(=O)N[C@H]1C(=O)N[C@@H](CC(N)=O)C(=O)N[C@H]2C(=O)N[C@H]3C(=O)N[C@H](C(=O)N[C@H](C(=O)O)c4cc(O)c(CNCCNC(=O)CCCCC(=O)NCCCO/N=C(\C(=O)N[C@@H]5C(=O)N6C(C(=O)[O-])=C(C[n+]7ccccc7)CS[C@H]56)c5nc(N)sc5Cl)c(O)c4-c4cc3ccc4O)[C@H](O)c3ccc(c(Cl)c3)Oc3cc2cc(c3O[C@@H]2O[C@H](CO)[C@@H](O)[C@H](O)[C@H]2O[C@H]2C[C@](C)(N)[C@H](O)[C@H](C)O2)Oc2ccc(cc2Cl)[C@H]1O. The molecule has 0 saturated carbocycles. The number of aliphatic hydroxyl groups is 6. The van der Waals surface area contributed by atoms with Crippen molar-refractivity contribution in [1.82, 2.24) is 68.4 Å². The van der Waals surface area contributed by atoms with Crippen LogP contribution in [0.15, 0.2) is 120 Å². The standard InChI is InChI=1S/C96H111Cl3N18O31S2/c1-39(2)26-51(103-5)83(130)111-70-74(124)42-15-18-55(49(97)28-42)144-57-30-44-31-58(79(57)148-94-80(78(128)77(127)59(37-118)146-94)147-63-34-96(4,102)81(129)40(3)143-63)145-56-19-16-43(29-50(56)98)75(125)71-89(136)110-67(92(138)139)47-32-54(120)48(76(126)64(47)46-27-41(14-17-53(46)119)65(85(132)112-71)109-86(133)66(44)108-84(131)52(33-60(100)121)107-88(70)135)35-104-21-22-106-62(123)13-8-7-12-61(122)105-20-11-25-142-115-69(68-82(99)150-95(101)114-68)87(134)113-72-90(137)117-73(93(140)141)45(38-149-91(72)117)36-116-23-9-6-10-24-116/h6,9-10,14-19,23-24,27-32,39-40,51-52,59,63,65-67,70-72,74-75,77-78,80-81,91,94,103-104,118,124-125,127-129H,7-8,11-13,20-22,25-26,33-38,102H2,1-5H3,(H17-,100,101,105,106,107,108,109,110,111,112,113,114,115,119,120,121,122,123,126,130,131,132,133,134,135,136,138,139,140,141)/t40-,51+,52-,59+,63-,65+,66+,67-,70+,71-,72+,74+,75+,77+,78-,80+,81+,91+,94-,96-/m0/s1. The molecule has 11 amide bonds. The topological polar surface area (TPSA) is 755 Å². The first kappa shape index (κ1) is 112. The smallest absolute Gasteiger partial charge is 0.330 e. The molecule has 9 aliphatic heterocycles. The van der Waals surface area contributed by atoms with E-state index in [2.05, 4.69) is 68.6 Å². The number of carboxylic acid groups (broad SMARTS) is 2. The number of halogens is 3. The quantitative estimate of drug-likeness (QED) is 0.00747. The lowest BCUT2D eigenvalue weighted by Gasteiger charge is -2.50. The van der Waals surface area contributed by atoms with Gasteiger partial charge in [0.2, 0.25) is 65.2 Å². The number of hydrogen-bond acceptors (Lipinski definition) is 38. The number of nitrogens with zero attached hydrogens (tertiary/aromatic N) is 4. The number of phenols is 3. The Morgan fingerprint density at radius 2 is 1.37 bits per heavy atom. The van der Waals surface area contributed by atoms with Crippen molar-refractivity contribution in [1.29, 1.82) is 0 Å². The number of aliphatic carboxylic acids is 2. The van der Waals surface area contributed by atoms with Gasteiger partial charge in [-0.25, -0.2) is 14.3 Å². The Balaban J connectivity index is 0.724. The van der Waals surface area contributed by atoms with Gasteiger partial charge in [-0.05, 0) is 123 Å². The Hall–Kier alpha value is -13.5. The lowest BCUT2D eigenvalue weighted by molar-refractivity contribution is -0.689. The molecular weight excluding hydrogens is 2070 g/mol. The maximum Gasteiger partial charge on any atom is 0.330 e. The molecule has 0 unspecified atom stereocenters. The average Bonchev–Trinajstić information content (AvgIpc) is 0.735. The summed E-state index contributed by atoms with van der Waals surface area (Å²) in [6, 6.07) is 1.65. The maximum absolute atomic E-state index is 16.4. The number of benzene rings is 5. The molecule has 0 spiro atoms. The summed E-state index contributed by atoms with van der Waals surface area (Å²) in [5, 5.41) is 162. The number of β-lactam (4-membered cyclic amide) rings is 1. The number of nitrogens with two attached hydrogens (primary N) is 3. The number of carbonyl (C=O) groups excluding carboxylic acids is 12. The van der Waals surface area contributed by atoms with Crippen LogP contribution in [0, 0.1) is 5.92 Å². The highest BCUT2D eigenvalue weighted by molar-refractivity contribution is 8.00. The van der Waals surface area contributed by atoms with E-state index in [1.807, 2.05) is 0 Å². The molecule has 7 aromatic rings. The van der Waals surface area contributed by atoms with Gasteiger partial charge in [0, 0.05) is 97.6 Å². The van der Waals surface area contributed by atoms with Crippen molar-refractivity contribution in [2.24, 2.45) is 22.5 Å². The van der Waals surface area contributed by atoms with Gasteiger partial charge in [0.05, 0.1) is 58.6 Å². The van der Waals surface area contributed by atoms with Crippen LogP contribution < -0.4 is 99.6 Å². The fourth-order valence-corrected chi connectivity index (χ4v) is 20.6. The zero-order valence-corrected chi connectivity index (χ0v) is 84.6. The zero-order chi connectivity index (χ0) is 108. The highest BCUT2D eigenvalue weighted by Crippen LogP contribution is 2.52. The lowest BCUT2D eigenvalue weighted by Crippen LogP contribution is -2.71. The maximum atomic E-state index is 16.4. The third kappa shape index (κ3) is 25.7. The number of aromatic nitrogens is 2. The molecule has 54 heteroatoms. The fourth-order valence-electron chi connectivity index (χ4n) is 17.9. The summed E-state index contributed by atoms with van der Waals surface area (Å²) in [5.74, 6) is -20.9. The second kappa shape index (κ2) is 48.7. The number of nitrogen functional groups attached to an aromatic ring is 1. The van der Waals surface area contributed by atoms with Crippen LogP contribution in [0.2, 0.25) is 14.4 Å². The number of oxime groups is 1. The number of thiazole rings is 1. The highest BCUT2D eigenvalue weighted by Gasteiger charge is 2.56. The number of amides is 11. The van der Waals surface area contributed by atoms with Crippen LogP contribution in [0.25, 0.3) is 11.1 Å². The number of aromatic hydroxyl groups is 3. The van der Waals surface area contributed by atoms with Crippen LogP contribution in [-0.2, 0) is 94.5 Å². The number of thioether (sulfide) groups is 1. The number of anilines is 1. The minimum atomic E-state index is -2.44. The second-order valence-corrected chi connectivity index (χ2v) is 40.6. The van der Waals surface area contributed by atoms with Gasteiger partial charge in [-0.2, -0.15) is 0 Å². The molecule has 0 radical (unpaired) electrons. The van der Waals surface area contributed by atoms with Crippen molar-refractivity contribution in [3.05, 3.63) is 168 Å². The Labute approximate surface area is 877 Å². The number of likely N-dealkylation sites (N-methyl/N-ethyl adjacent to an activating group) is 1. The predicted molar refractivity (Wildman–Crippen MR) is 528 cm³/mol. The Morgan fingerprint density at radius 1 is 0.733 bits per heavy atom. The van der Waals surface area contributed by atoms with Crippen LogP contribution in [0.1, 0.15) is 148 Å². The minimum absolute atomic E-state index is 0.0131. The van der Waals surface area contributed by atoms with Crippen molar-refractivity contribution in [2.75, 3.05) is 51.4 Å². The average molecular weight is 2180 g/mol. The van der Waals surface area contributed by atoms with Gasteiger partial charge in [-0.15, -0.1) is 11.8 Å². The molecular formula is C96H111Cl3N18O31S2. The molecule has 11 heterocycles. The molecule has 11 bridgehead atoms. The molecule has 3 saturated heterocycles. The van der Waals surface area contributed by atoms with E-state index in [1.165, 1.54) is 38.7 Å². The van der Waals surface area contributed by atoms with E-state index in [4.69, 9.17) is 85.3 Å². The molecule has 150 heavy (non-hydrogen) atoms. The first-order valence-electron chi connectivity index (χ1n) is 47.3. The van der Waals surface area contributed by atoms with E-state index < -0.39 is 306 Å². The van der Waals surface area contributed by atoms with Gasteiger partial charge in [-0.3, -0.25) is 57.6 Å². The van der Waals surface area contributed by atoms with Crippen LogP contribution in [-0.4, -0.2) is 280 Å². The second-order valence-electron chi connectivity index (χ2n) is 37.0. The third-order valence-corrected chi connectivity index (χ3v) is 28.7. The number of ether oxygens (including phenoxy) is 6. The van der Waals surface area contributed by atoms with Crippen LogP contribution in [0.4, 0.5) is 5.13 Å². The number of carbonyl (C=O) groups is 13. The van der Waals surface area contributed by atoms with Crippen molar-refractivity contribution >= 4 is 146 Å². The summed E-state index contributed by atoms with van der Waals surface area (Å²) in [5.41, 5.74) is 12.5. The number of carboxylic acids is 2. The van der Waals surface area contributed by atoms with Crippen molar-refractivity contribution < 1.29 is 156 Å². The van der Waals surface area contributed by atoms with Gasteiger partial charge in [0.25, 0.3) is 11.8 Å². The molecule has 2 aromatic heterocycles. The minimum Gasteiger partial charge on any atom is -0.543 e. The molecule has 804 valence electrons. The van der Waals surface area contributed by atoms with Crippen LogP contribution in [0.3, 0.4) is 0 Å². The highest BCUT2D eigenvalue weighted by atomic mass is 35.5. The normalized spacial score (nSPS) is 25.6. The number of unbranched alkanes of at least 4 members (excludes halogenated alkanes) is 1. The molecule has 3 fully saturated rings. The van der Waals surface area contributed by atoms with E-state index in [1.54, 1.807) is 49.0 Å². The van der Waals surface area contributed by atoms with Crippen molar-refractivity contribution in [3.63, 3.8) is 0 Å². The lowest BCUT2D eigenvalue weighted by atomic mass is 9.86. The van der Waals surface area contributed by atoms with Gasteiger partial charge in [-0.1, -0.05) is 89.4 Å². The van der Waals surface area contributed by atoms with Gasteiger partial charge < -0.3 is 170 Å². The molecule has 16 rings (SSSR count). The van der Waals surface area contributed by atoms with Crippen molar-refractivity contribution in [2.45, 2.75) is 213 Å². The van der Waals surface area contributed by atoms with E-state index in [-0.39, 0.29) is 127 Å². The van der Waals surface area contributed by atoms with Gasteiger partial charge >= 0.3 is 5.97 Å². The van der Waals surface area contributed by atoms with E-state index in [0.29, 0.717) is 5.57 Å². The van der Waals surface area contributed by atoms with E-state index >= 15 is 24.0 Å². The Morgan fingerprint density at radius 3 is 1.99 bits per heavy atom. The molecule has 9 aliphatic rings. The largest absolute Gasteiger partial charge is 0.543 e. The third-order valence-electron chi connectivity index (χ3n) is 25.6. The zero-order valence-electron chi connectivity index (χ0n) is 80.7. The summed E-state index contributed by atoms with van der Waals surface area (Å²) in [7, 11) is 1.46. The molecule has 49 nitrogen and oxygen atoms in total. The summed E-state index contributed by atoms with van der Waals surface area (Å²) in [6.07, 6.45) is -15.2. The summed E-state index contributed by atoms with van der Waals surface area (Å²) in [4.78, 5) is 197. The summed E-state index contributed by atoms with van der Waals surface area (Å²) < 4.78 is 40.4. The summed E-state index contributed by atoms with van der Waals surface area (Å²) >= 11 is 22.8. The van der Waals surface area contributed by atoms with Crippen molar-refractivity contribution in [3.8, 4) is 57.1 Å². The molecule has 27 N–H and O–H groups in total. The number of rotatable bonds is 34. The van der Waals surface area contributed by atoms with E-state index in [0.717, 1.165) is 83.0 Å². The van der Waals surface area contributed by atoms with Crippen LogP contribution in [0.5, 0.6) is 46.0 Å². The molecule has 0 aliphatic carbocycles. The summed E-state index contributed by atoms with van der Waals surface area (Å²) in [6.45, 7) is 4.90. The number of fused-ring (bicyclic) bond motifs is 16. The first-order valence-corrected chi connectivity index (χ1v) is 50.3. The Kier molecular flexibility index (Phi) is 36.4. The molecule has 20 atom stereocenters. The Bertz CT molecular complexity index is 6410. The van der Waals surface area contributed by atoms with E-state index in [9.17, 15) is 94.5 Å². The number of pyridine rings is 1. The monoisotopic (exact) mass is 2180 g/mol. The predicted octanol–water partition coefficient (Wildman–Crippen LogP) is -1.12. The number of aliphatic hydroxyl groups excluding tert-OH is 6. The molecule has 5 aromatic carbocycles. The van der Waals surface area contributed by atoms with Gasteiger partial charge in [0.15, 0.2) is 59.7 Å². The number of primary amides is 1. The fraction of sp³-hybridized carbons (Fsp3) is 0.438. The number of hydrogen-bond donors (Lipinski definition) is 24. The van der Waals surface area contributed by atoms with Crippen LogP contribution >= 0.6 is 57.9 Å². The number of nitrogens with one attached hydrogen (secondary N) is 11.